The Morgan fingerprint density at radius 1 is 1.08 bits per heavy atom. The standard InChI is InChI=1S/C16H20N2O6S/c1-10-11(24-16(21)18-9-7-5-4-6-8-17)13(15(20)23-3)25-12(10)14(19)22-2/h4-7,9H2,1-3H3,(H,18,21). The molecule has 1 rings (SSSR count). The lowest BCUT2D eigenvalue weighted by atomic mass is 10.2. The number of nitrogens with one attached hydrogen (secondary N) is 1. The number of ether oxygens (including phenoxy) is 3. The number of carbonyl (C=O) groups is 3. The molecule has 1 aromatic rings. The first kappa shape index (κ1) is 20.4. The van der Waals surface area contributed by atoms with Gasteiger partial charge in [0, 0.05) is 18.5 Å². The third kappa shape index (κ3) is 5.76. The van der Waals surface area contributed by atoms with Crippen molar-refractivity contribution in [3.05, 3.63) is 15.3 Å². The third-order valence-corrected chi connectivity index (χ3v) is 4.50. The Morgan fingerprint density at radius 3 is 2.32 bits per heavy atom. The maximum absolute atomic E-state index is 11.9. The Bertz CT molecular complexity index is 677. The van der Waals surface area contributed by atoms with Crippen LogP contribution in [0.1, 0.15) is 50.6 Å². The van der Waals surface area contributed by atoms with Gasteiger partial charge in [0.05, 0.1) is 20.3 Å². The van der Waals surface area contributed by atoms with Crippen molar-refractivity contribution in [2.75, 3.05) is 20.8 Å². The molecule has 0 atom stereocenters. The van der Waals surface area contributed by atoms with Gasteiger partial charge in [-0.3, -0.25) is 0 Å². The van der Waals surface area contributed by atoms with Crippen LogP contribution in [0.3, 0.4) is 0 Å². The minimum atomic E-state index is -0.734. The molecule has 0 fully saturated rings. The van der Waals surface area contributed by atoms with E-state index in [0.29, 0.717) is 24.9 Å². The Kier molecular flexibility index (Phi) is 8.43. The van der Waals surface area contributed by atoms with E-state index in [2.05, 4.69) is 20.9 Å². The molecular formula is C16H20N2O6S. The van der Waals surface area contributed by atoms with Gasteiger partial charge in [0.25, 0.3) is 0 Å². The van der Waals surface area contributed by atoms with Crippen LogP contribution in [-0.4, -0.2) is 38.8 Å². The number of hydrogen-bond donors (Lipinski definition) is 1. The van der Waals surface area contributed by atoms with E-state index in [0.717, 1.165) is 24.2 Å². The normalized spacial score (nSPS) is 9.84. The maximum Gasteiger partial charge on any atom is 0.412 e. The molecule has 0 aliphatic carbocycles. The summed E-state index contributed by atoms with van der Waals surface area (Å²) in [5.74, 6) is -1.35. The molecule has 0 aliphatic rings. The van der Waals surface area contributed by atoms with Gasteiger partial charge in [-0.25, -0.2) is 14.4 Å². The molecule has 1 N–H and O–H groups in total. The molecule has 0 spiro atoms. The molecular weight excluding hydrogens is 348 g/mol. The van der Waals surface area contributed by atoms with E-state index in [4.69, 9.17) is 10.00 Å². The van der Waals surface area contributed by atoms with Crippen LogP contribution in [0.2, 0.25) is 0 Å². The number of thiophene rings is 1. The molecule has 0 saturated carbocycles. The van der Waals surface area contributed by atoms with Gasteiger partial charge in [0.15, 0.2) is 10.6 Å². The van der Waals surface area contributed by atoms with Crippen molar-refractivity contribution in [1.82, 2.24) is 5.32 Å². The van der Waals surface area contributed by atoms with Gasteiger partial charge < -0.3 is 19.5 Å². The van der Waals surface area contributed by atoms with Gasteiger partial charge in [-0.1, -0.05) is 6.42 Å². The number of carbonyl (C=O) groups excluding carboxylic acids is 3. The summed E-state index contributed by atoms with van der Waals surface area (Å²) in [6.07, 6.45) is 2.04. The molecule has 9 heteroatoms. The van der Waals surface area contributed by atoms with Gasteiger partial charge in [0.1, 0.15) is 4.88 Å². The van der Waals surface area contributed by atoms with Crippen LogP contribution in [0, 0.1) is 18.3 Å². The molecule has 0 aliphatic heterocycles. The lowest BCUT2D eigenvalue weighted by Gasteiger charge is -2.08. The number of amides is 1. The van der Waals surface area contributed by atoms with Gasteiger partial charge in [-0.15, -0.1) is 11.3 Å². The van der Waals surface area contributed by atoms with Gasteiger partial charge in [-0.05, 0) is 19.8 Å². The van der Waals surface area contributed by atoms with E-state index in [9.17, 15) is 14.4 Å². The predicted octanol–water partition coefficient (Wildman–Crippen LogP) is 2.80. The molecule has 0 bridgehead atoms. The minimum Gasteiger partial charge on any atom is -0.465 e. The molecule has 0 radical (unpaired) electrons. The van der Waals surface area contributed by atoms with Crippen LogP contribution in [0.5, 0.6) is 5.75 Å². The van der Waals surface area contributed by atoms with E-state index in [1.807, 2.05) is 0 Å². The number of nitrogens with zero attached hydrogens (tertiary/aromatic N) is 1. The predicted molar refractivity (Wildman–Crippen MR) is 89.8 cm³/mol. The number of hydrogen-bond acceptors (Lipinski definition) is 8. The maximum atomic E-state index is 11.9. The van der Waals surface area contributed by atoms with Crippen molar-refractivity contribution >= 4 is 29.4 Å². The summed E-state index contributed by atoms with van der Waals surface area (Å²) in [5, 5.41) is 11.0. The monoisotopic (exact) mass is 368 g/mol. The summed E-state index contributed by atoms with van der Waals surface area (Å²) < 4.78 is 14.5. The fourth-order valence-corrected chi connectivity index (χ4v) is 3.03. The topological polar surface area (TPSA) is 115 Å². The van der Waals surface area contributed by atoms with Crippen LogP contribution in [0.25, 0.3) is 0 Å². The van der Waals surface area contributed by atoms with Crippen LogP contribution in [-0.2, 0) is 9.47 Å². The van der Waals surface area contributed by atoms with Crippen molar-refractivity contribution < 1.29 is 28.6 Å². The Labute approximate surface area is 149 Å². The molecule has 25 heavy (non-hydrogen) atoms. The van der Waals surface area contributed by atoms with E-state index in [1.54, 1.807) is 6.92 Å². The lowest BCUT2D eigenvalue weighted by Crippen LogP contribution is -2.28. The fourth-order valence-electron chi connectivity index (χ4n) is 1.96. The third-order valence-electron chi connectivity index (χ3n) is 3.26. The zero-order valence-electron chi connectivity index (χ0n) is 14.3. The summed E-state index contributed by atoms with van der Waals surface area (Å²) in [6.45, 7) is 1.94. The van der Waals surface area contributed by atoms with Gasteiger partial charge >= 0.3 is 18.0 Å². The smallest absolute Gasteiger partial charge is 0.412 e. The zero-order valence-corrected chi connectivity index (χ0v) is 15.2. The molecule has 1 aromatic heterocycles. The number of methoxy groups -OCH3 is 2. The van der Waals surface area contributed by atoms with Crippen molar-refractivity contribution in [3.8, 4) is 11.8 Å². The van der Waals surface area contributed by atoms with E-state index < -0.39 is 18.0 Å². The molecule has 1 heterocycles. The summed E-state index contributed by atoms with van der Waals surface area (Å²) in [7, 11) is 2.42. The average molecular weight is 368 g/mol. The second-order valence-corrected chi connectivity index (χ2v) is 6.00. The quantitative estimate of drug-likeness (QED) is 0.554. The van der Waals surface area contributed by atoms with Gasteiger partial charge in [0.2, 0.25) is 0 Å². The molecule has 1 amide bonds. The second kappa shape index (κ2) is 10.3. The largest absolute Gasteiger partial charge is 0.465 e. The molecule has 0 unspecified atom stereocenters. The number of rotatable bonds is 8. The first-order valence-electron chi connectivity index (χ1n) is 7.58. The van der Waals surface area contributed by atoms with Crippen molar-refractivity contribution in [1.29, 1.82) is 5.26 Å². The first-order chi connectivity index (χ1) is 12.0. The fraction of sp³-hybridized carbons (Fsp3) is 0.500. The molecule has 8 nitrogen and oxygen atoms in total. The van der Waals surface area contributed by atoms with Crippen LogP contribution in [0.15, 0.2) is 0 Å². The Hall–Kier alpha value is -2.60. The van der Waals surface area contributed by atoms with Crippen LogP contribution < -0.4 is 10.1 Å². The lowest BCUT2D eigenvalue weighted by molar-refractivity contribution is 0.0596. The van der Waals surface area contributed by atoms with Crippen molar-refractivity contribution in [2.24, 2.45) is 0 Å². The van der Waals surface area contributed by atoms with Gasteiger partial charge in [-0.2, -0.15) is 5.26 Å². The number of esters is 2. The highest BCUT2D eigenvalue weighted by molar-refractivity contribution is 7.16. The van der Waals surface area contributed by atoms with Crippen molar-refractivity contribution in [3.63, 3.8) is 0 Å². The first-order valence-corrected chi connectivity index (χ1v) is 8.40. The number of unbranched alkanes of at least 4 members (excludes halogenated alkanes) is 3. The number of nitriles is 1. The molecule has 0 saturated heterocycles. The highest BCUT2D eigenvalue weighted by Gasteiger charge is 2.28. The SMILES string of the molecule is COC(=O)c1sc(C(=O)OC)c(OC(=O)NCCCCCC#N)c1C. The highest BCUT2D eigenvalue weighted by atomic mass is 32.1. The van der Waals surface area contributed by atoms with Crippen molar-refractivity contribution in [2.45, 2.75) is 32.6 Å². The Morgan fingerprint density at radius 2 is 1.72 bits per heavy atom. The Balaban J connectivity index is 2.77. The molecule has 0 aromatic carbocycles. The summed E-state index contributed by atoms with van der Waals surface area (Å²) in [5.41, 5.74) is 0.335. The van der Waals surface area contributed by atoms with Crippen LogP contribution >= 0.6 is 11.3 Å². The average Bonchev–Trinajstić information content (AvgIpc) is 2.93. The van der Waals surface area contributed by atoms with E-state index in [-0.39, 0.29) is 15.5 Å². The van der Waals surface area contributed by atoms with Crippen LogP contribution in [0.4, 0.5) is 4.79 Å². The second-order valence-electron chi connectivity index (χ2n) is 4.98. The van der Waals surface area contributed by atoms with E-state index in [1.165, 1.54) is 14.2 Å². The summed E-state index contributed by atoms with van der Waals surface area (Å²) in [6, 6.07) is 2.05. The summed E-state index contributed by atoms with van der Waals surface area (Å²) >= 11 is 0.846. The minimum absolute atomic E-state index is 0.0146. The van der Waals surface area contributed by atoms with E-state index >= 15 is 0 Å². The molecule has 136 valence electrons. The summed E-state index contributed by atoms with van der Waals surface area (Å²) in [4.78, 5) is 35.7. The zero-order chi connectivity index (χ0) is 18.8. The highest BCUT2D eigenvalue weighted by Crippen LogP contribution is 2.36.